The Labute approximate surface area is 114 Å². The van der Waals surface area contributed by atoms with Crippen molar-refractivity contribution < 1.29 is 0 Å². The van der Waals surface area contributed by atoms with Gasteiger partial charge in [0.05, 0.1) is 0 Å². The van der Waals surface area contributed by atoms with E-state index in [1.165, 1.54) is 11.3 Å². The van der Waals surface area contributed by atoms with E-state index in [2.05, 4.69) is 60.0 Å². The Bertz CT molecular complexity index is 537. The molecule has 0 aliphatic heterocycles. The van der Waals surface area contributed by atoms with Crippen LogP contribution in [0.15, 0.2) is 36.4 Å². The smallest absolute Gasteiger partial charge is 0.122 e. The third-order valence-corrected chi connectivity index (χ3v) is 3.46. The molecule has 0 aliphatic carbocycles. The predicted molar refractivity (Wildman–Crippen MR) is 78.5 cm³/mol. The van der Waals surface area contributed by atoms with Crippen LogP contribution in [0.5, 0.6) is 0 Å². The summed E-state index contributed by atoms with van der Waals surface area (Å²) in [6.07, 6.45) is 2.20. The van der Waals surface area contributed by atoms with Crippen molar-refractivity contribution in [1.29, 1.82) is 0 Å². The molecule has 0 saturated heterocycles. The Morgan fingerprint density at radius 3 is 2.56 bits per heavy atom. The summed E-state index contributed by atoms with van der Waals surface area (Å²) in [6, 6.07) is 12.7. The van der Waals surface area contributed by atoms with Crippen molar-refractivity contribution in [3.05, 3.63) is 52.3 Å². The minimum atomic E-state index is 0.502. The second-order valence-corrected chi connectivity index (χ2v) is 5.36. The monoisotopic (exact) mass is 260 g/mol. The molecule has 0 saturated carbocycles. The van der Waals surface area contributed by atoms with Crippen LogP contribution in [-0.2, 0) is 13.0 Å². The van der Waals surface area contributed by atoms with Gasteiger partial charge >= 0.3 is 0 Å². The van der Waals surface area contributed by atoms with E-state index >= 15 is 0 Å². The number of aromatic nitrogens is 2. The number of hydrogen-bond acceptors (Lipinski definition) is 1. The van der Waals surface area contributed by atoms with Crippen molar-refractivity contribution in [2.24, 2.45) is 0 Å². The van der Waals surface area contributed by atoms with Gasteiger partial charge in [0.25, 0.3) is 0 Å². The Morgan fingerprint density at radius 2 is 1.94 bits per heavy atom. The molecule has 3 heteroatoms. The van der Waals surface area contributed by atoms with Crippen molar-refractivity contribution >= 4 is 12.2 Å². The summed E-state index contributed by atoms with van der Waals surface area (Å²) < 4.78 is 2.99. The third kappa shape index (κ3) is 3.33. The van der Waals surface area contributed by atoms with Crippen LogP contribution in [-0.4, -0.2) is 9.78 Å². The minimum absolute atomic E-state index is 0.502. The highest BCUT2D eigenvalue weighted by Gasteiger charge is 2.03. The van der Waals surface area contributed by atoms with E-state index in [0.29, 0.717) is 5.92 Å². The van der Waals surface area contributed by atoms with Crippen molar-refractivity contribution in [1.82, 2.24) is 9.78 Å². The fraction of sp³-hybridized carbons (Fsp3) is 0.400. The fourth-order valence-corrected chi connectivity index (χ4v) is 2.27. The van der Waals surface area contributed by atoms with Crippen LogP contribution in [0.3, 0.4) is 0 Å². The lowest BCUT2D eigenvalue weighted by Gasteiger charge is -2.05. The maximum atomic E-state index is 5.35. The van der Waals surface area contributed by atoms with Crippen LogP contribution in [0.25, 0.3) is 0 Å². The number of rotatable bonds is 5. The van der Waals surface area contributed by atoms with Gasteiger partial charge in [0, 0.05) is 12.2 Å². The summed E-state index contributed by atoms with van der Waals surface area (Å²) >= 11 is 5.35. The molecule has 0 aliphatic rings. The lowest BCUT2D eigenvalue weighted by Crippen LogP contribution is -2.02. The molecular weight excluding hydrogens is 240 g/mol. The average Bonchev–Trinajstić information content (AvgIpc) is 2.73. The summed E-state index contributed by atoms with van der Waals surface area (Å²) in [5.41, 5.74) is 2.61. The lowest BCUT2D eigenvalue weighted by molar-refractivity contribution is 0.562. The zero-order valence-electron chi connectivity index (χ0n) is 11.0. The summed E-state index contributed by atoms with van der Waals surface area (Å²) in [6.45, 7) is 5.31. The highest BCUT2D eigenvalue weighted by molar-refractivity contribution is 7.71. The first-order valence-corrected chi connectivity index (χ1v) is 6.91. The second-order valence-electron chi connectivity index (χ2n) is 4.95. The molecule has 18 heavy (non-hydrogen) atoms. The molecule has 2 nitrogen and oxygen atoms in total. The Balaban J connectivity index is 1.93. The summed E-state index contributed by atoms with van der Waals surface area (Å²) in [4.78, 5) is 0. The van der Waals surface area contributed by atoms with Crippen molar-refractivity contribution in [3.8, 4) is 0 Å². The molecule has 2 rings (SSSR count). The number of nitrogens with one attached hydrogen (secondary N) is 1. The second kappa shape index (κ2) is 6.01. The van der Waals surface area contributed by atoms with Gasteiger partial charge in [-0.2, -0.15) is 0 Å². The van der Waals surface area contributed by atoms with E-state index in [9.17, 15) is 0 Å². The first kappa shape index (κ1) is 13.1. The summed E-state index contributed by atoms with van der Waals surface area (Å²) in [5, 5.41) is 3.38. The van der Waals surface area contributed by atoms with E-state index in [4.69, 9.17) is 12.2 Å². The van der Waals surface area contributed by atoms with E-state index < -0.39 is 0 Å². The highest BCUT2D eigenvalue weighted by Crippen LogP contribution is 2.12. The number of nitrogens with zero attached hydrogens (tertiary/aromatic N) is 1. The molecule has 2 aromatic rings. The molecule has 1 aromatic heterocycles. The Morgan fingerprint density at radius 1 is 1.22 bits per heavy atom. The fourth-order valence-electron chi connectivity index (χ4n) is 2.00. The Hall–Kier alpha value is -1.35. The number of aryl methyl sites for hydroxylation is 2. The largest absolute Gasteiger partial charge is 0.301 e. The van der Waals surface area contributed by atoms with Crippen LogP contribution in [0.1, 0.15) is 37.4 Å². The molecule has 96 valence electrons. The van der Waals surface area contributed by atoms with Crippen LogP contribution in [0.4, 0.5) is 0 Å². The van der Waals surface area contributed by atoms with Gasteiger partial charge in [-0.15, -0.1) is 0 Å². The van der Waals surface area contributed by atoms with Gasteiger partial charge in [0.15, 0.2) is 0 Å². The van der Waals surface area contributed by atoms with Gasteiger partial charge in [0.1, 0.15) is 4.64 Å². The molecule has 0 amide bonds. The normalized spacial score (nSPS) is 11.1. The maximum absolute atomic E-state index is 5.35. The molecule has 1 aromatic carbocycles. The van der Waals surface area contributed by atoms with Crippen molar-refractivity contribution in [3.63, 3.8) is 0 Å². The molecule has 0 bridgehead atoms. The average molecular weight is 260 g/mol. The molecule has 0 atom stereocenters. The van der Waals surface area contributed by atoms with Gasteiger partial charge in [-0.1, -0.05) is 56.4 Å². The third-order valence-electron chi connectivity index (χ3n) is 3.12. The number of H-pyrrole nitrogens is 1. The molecule has 1 N–H and O–H groups in total. The van der Waals surface area contributed by atoms with Crippen molar-refractivity contribution in [2.45, 2.75) is 39.2 Å². The van der Waals surface area contributed by atoms with E-state index in [1.54, 1.807) is 0 Å². The number of hydrogen-bond donors (Lipinski definition) is 1. The molecular formula is C15H20N2S. The zero-order valence-corrected chi connectivity index (χ0v) is 11.8. The standard InChI is InChI=1S/C15H20N2S/c1-12(2)14-11-15(18)17(16-14)10-6-9-13-7-4-3-5-8-13/h3-5,7-8,11-12,16H,6,9-10H2,1-2H3. The van der Waals surface area contributed by atoms with Crippen LogP contribution < -0.4 is 0 Å². The summed E-state index contributed by atoms with van der Waals surface area (Å²) in [7, 11) is 0. The SMILES string of the molecule is CC(C)c1cc(=S)n(CCCc2ccccc2)[nH]1. The van der Waals surface area contributed by atoms with Gasteiger partial charge in [-0.05, 0) is 30.4 Å². The van der Waals surface area contributed by atoms with Gasteiger partial charge < -0.3 is 5.10 Å². The molecule has 1 heterocycles. The van der Waals surface area contributed by atoms with Crippen LogP contribution in [0.2, 0.25) is 0 Å². The van der Waals surface area contributed by atoms with E-state index in [-0.39, 0.29) is 0 Å². The lowest BCUT2D eigenvalue weighted by atomic mass is 10.1. The van der Waals surface area contributed by atoms with Gasteiger partial charge in [0.2, 0.25) is 0 Å². The first-order chi connectivity index (χ1) is 8.66. The van der Waals surface area contributed by atoms with E-state index in [0.717, 1.165) is 24.0 Å². The predicted octanol–water partition coefficient (Wildman–Crippen LogP) is 4.30. The van der Waals surface area contributed by atoms with Crippen LogP contribution >= 0.6 is 12.2 Å². The molecule has 0 unspecified atom stereocenters. The molecule has 0 radical (unpaired) electrons. The zero-order chi connectivity index (χ0) is 13.0. The number of aromatic amines is 1. The quantitative estimate of drug-likeness (QED) is 0.795. The maximum Gasteiger partial charge on any atom is 0.122 e. The number of benzene rings is 1. The topological polar surface area (TPSA) is 20.7 Å². The molecule has 0 fully saturated rings. The van der Waals surface area contributed by atoms with E-state index in [1.807, 2.05) is 0 Å². The summed E-state index contributed by atoms with van der Waals surface area (Å²) in [5.74, 6) is 0.502. The van der Waals surface area contributed by atoms with Crippen LogP contribution in [0, 0.1) is 4.64 Å². The van der Waals surface area contributed by atoms with Gasteiger partial charge in [-0.25, -0.2) is 0 Å². The first-order valence-electron chi connectivity index (χ1n) is 6.50. The highest BCUT2D eigenvalue weighted by atomic mass is 32.1. The minimum Gasteiger partial charge on any atom is -0.301 e. The van der Waals surface area contributed by atoms with Crippen molar-refractivity contribution in [2.75, 3.05) is 0 Å². The molecule has 0 spiro atoms. The Kier molecular flexibility index (Phi) is 4.37. The van der Waals surface area contributed by atoms with Gasteiger partial charge in [-0.3, -0.25) is 4.68 Å².